The Morgan fingerprint density at radius 3 is 1.61 bits per heavy atom. The fourth-order valence-corrected chi connectivity index (χ4v) is 3.33. The summed E-state index contributed by atoms with van der Waals surface area (Å²) >= 11 is 0. The van der Waals surface area contributed by atoms with Crippen LogP contribution in [0.5, 0.6) is 0 Å². The number of halogens is 6. The molecule has 0 nitrogen and oxygen atoms in total. The summed E-state index contributed by atoms with van der Waals surface area (Å²) < 4.78 is 79.2. The highest BCUT2D eigenvalue weighted by Gasteiger charge is 2.37. The van der Waals surface area contributed by atoms with Crippen LogP contribution in [0, 0.1) is 0 Å². The minimum absolute atomic E-state index is 0.122. The summed E-state index contributed by atoms with van der Waals surface area (Å²) in [5.74, 6) is 0. The molecule has 0 aliphatic carbocycles. The summed E-state index contributed by atoms with van der Waals surface area (Å²) in [6.45, 7) is 0. The molecule has 0 aliphatic rings. The zero-order valence-electron chi connectivity index (χ0n) is 14.2. The van der Waals surface area contributed by atoms with Crippen LogP contribution in [0.3, 0.4) is 0 Å². The van der Waals surface area contributed by atoms with E-state index < -0.39 is 23.5 Å². The van der Waals surface area contributed by atoms with Crippen LogP contribution in [0.2, 0.25) is 0 Å². The average Bonchev–Trinajstić information content (AvgIpc) is 2.64. The molecule has 0 radical (unpaired) electrons. The van der Waals surface area contributed by atoms with E-state index in [4.69, 9.17) is 0 Å². The smallest absolute Gasteiger partial charge is 0.166 e. The molecule has 0 bridgehead atoms. The van der Waals surface area contributed by atoms with Crippen molar-refractivity contribution >= 4 is 21.5 Å². The molecule has 0 unspecified atom stereocenters. The SMILES string of the molecule is FC(F)(F)c1cc(-c2cccc3cc4ccccc4cc23)cc(C(F)(F)F)c1. The maximum Gasteiger partial charge on any atom is 0.416 e. The van der Waals surface area contributed by atoms with Crippen molar-refractivity contribution in [3.05, 3.63) is 83.9 Å². The van der Waals surface area contributed by atoms with Crippen molar-refractivity contribution in [3.63, 3.8) is 0 Å². The van der Waals surface area contributed by atoms with Gasteiger partial charge in [-0.3, -0.25) is 0 Å². The molecule has 0 aliphatic heterocycles. The number of benzene rings is 4. The van der Waals surface area contributed by atoms with Crippen molar-refractivity contribution in [1.82, 2.24) is 0 Å². The second-order valence-electron chi connectivity index (χ2n) is 6.52. The number of alkyl halides is 6. The van der Waals surface area contributed by atoms with Gasteiger partial charge in [0.15, 0.2) is 0 Å². The molecule has 4 aromatic rings. The predicted octanol–water partition coefficient (Wildman–Crippen LogP) is 7.70. The summed E-state index contributed by atoms with van der Waals surface area (Å²) in [7, 11) is 0. The van der Waals surface area contributed by atoms with E-state index in [1.54, 1.807) is 18.2 Å². The van der Waals surface area contributed by atoms with Gasteiger partial charge in [0.25, 0.3) is 0 Å². The molecule has 0 heterocycles. The lowest BCUT2D eigenvalue weighted by Gasteiger charge is -2.15. The first kappa shape index (κ1) is 18.3. The van der Waals surface area contributed by atoms with E-state index in [9.17, 15) is 26.3 Å². The number of rotatable bonds is 1. The van der Waals surface area contributed by atoms with Gasteiger partial charge in [-0.25, -0.2) is 0 Å². The van der Waals surface area contributed by atoms with Gasteiger partial charge >= 0.3 is 12.4 Å². The Kier molecular flexibility index (Phi) is 4.10. The van der Waals surface area contributed by atoms with Crippen molar-refractivity contribution in [2.24, 2.45) is 0 Å². The lowest BCUT2D eigenvalue weighted by molar-refractivity contribution is -0.143. The minimum Gasteiger partial charge on any atom is -0.166 e. The Balaban J connectivity index is 2.03. The quantitative estimate of drug-likeness (QED) is 0.231. The van der Waals surface area contributed by atoms with E-state index in [0.29, 0.717) is 10.9 Å². The monoisotopic (exact) mass is 390 g/mol. The van der Waals surface area contributed by atoms with Gasteiger partial charge in [-0.05, 0) is 63.0 Å². The third-order valence-corrected chi connectivity index (χ3v) is 4.65. The molecular weight excluding hydrogens is 378 g/mol. The molecule has 0 saturated heterocycles. The Morgan fingerprint density at radius 2 is 1.04 bits per heavy atom. The topological polar surface area (TPSA) is 0 Å². The highest BCUT2D eigenvalue weighted by atomic mass is 19.4. The molecule has 0 N–H and O–H groups in total. The number of fused-ring (bicyclic) bond motifs is 2. The van der Waals surface area contributed by atoms with Crippen LogP contribution in [-0.2, 0) is 12.4 Å². The van der Waals surface area contributed by atoms with E-state index in [-0.39, 0.29) is 11.6 Å². The van der Waals surface area contributed by atoms with Gasteiger partial charge in [0.2, 0.25) is 0 Å². The first-order chi connectivity index (χ1) is 13.1. The fourth-order valence-electron chi connectivity index (χ4n) is 3.33. The Labute approximate surface area is 156 Å². The molecule has 28 heavy (non-hydrogen) atoms. The lowest BCUT2D eigenvalue weighted by Crippen LogP contribution is -2.11. The zero-order valence-corrected chi connectivity index (χ0v) is 14.2. The average molecular weight is 390 g/mol. The molecule has 4 aromatic carbocycles. The van der Waals surface area contributed by atoms with Crippen molar-refractivity contribution in [3.8, 4) is 11.1 Å². The van der Waals surface area contributed by atoms with E-state index in [1.165, 1.54) is 6.07 Å². The van der Waals surface area contributed by atoms with Gasteiger partial charge < -0.3 is 0 Å². The second-order valence-corrected chi connectivity index (χ2v) is 6.52. The van der Waals surface area contributed by atoms with E-state index >= 15 is 0 Å². The highest BCUT2D eigenvalue weighted by molar-refractivity contribution is 6.05. The minimum atomic E-state index is -4.88. The van der Waals surface area contributed by atoms with Crippen molar-refractivity contribution in [2.45, 2.75) is 12.4 Å². The maximum atomic E-state index is 13.2. The van der Waals surface area contributed by atoms with Crippen LogP contribution in [0.4, 0.5) is 26.3 Å². The van der Waals surface area contributed by atoms with Crippen LogP contribution in [0.25, 0.3) is 32.7 Å². The van der Waals surface area contributed by atoms with Crippen molar-refractivity contribution < 1.29 is 26.3 Å². The summed E-state index contributed by atoms with van der Waals surface area (Å²) in [5.41, 5.74) is -2.45. The second kappa shape index (κ2) is 6.26. The molecule has 4 rings (SSSR count). The number of hydrogen-bond donors (Lipinski definition) is 0. The summed E-state index contributed by atoms with van der Waals surface area (Å²) in [6.07, 6.45) is -9.76. The third-order valence-electron chi connectivity index (χ3n) is 4.65. The third kappa shape index (κ3) is 3.30. The van der Waals surface area contributed by atoms with Crippen LogP contribution >= 0.6 is 0 Å². The van der Waals surface area contributed by atoms with Gasteiger partial charge in [0, 0.05) is 0 Å². The summed E-state index contributed by atoms with van der Waals surface area (Å²) in [4.78, 5) is 0. The molecule has 0 amide bonds. The Morgan fingerprint density at radius 1 is 0.500 bits per heavy atom. The largest absolute Gasteiger partial charge is 0.416 e. The van der Waals surface area contributed by atoms with Gasteiger partial charge in [-0.1, -0.05) is 42.5 Å². The van der Waals surface area contributed by atoms with Crippen molar-refractivity contribution in [1.29, 1.82) is 0 Å². The van der Waals surface area contributed by atoms with E-state index in [2.05, 4.69) is 0 Å². The fraction of sp³-hybridized carbons (Fsp3) is 0.0909. The Hall–Kier alpha value is -3.02. The summed E-state index contributed by atoms with van der Waals surface area (Å²) in [6, 6.07) is 17.7. The van der Waals surface area contributed by atoms with Gasteiger partial charge in [0.1, 0.15) is 0 Å². The number of hydrogen-bond acceptors (Lipinski definition) is 0. The van der Waals surface area contributed by atoms with E-state index in [1.807, 2.05) is 30.3 Å². The molecule has 0 atom stereocenters. The molecular formula is C22H12F6. The van der Waals surface area contributed by atoms with Crippen LogP contribution < -0.4 is 0 Å². The maximum absolute atomic E-state index is 13.2. The molecule has 0 saturated carbocycles. The molecule has 142 valence electrons. The Bertz CT molecular complexity index is 1150. The molecule has 0 spiro atoms. The first-order valence-electron chi connectivity index (χ1n) is 8.34. The normalized spacial score (nSPS) is 12.6. The molecule has 0 fully saturated rings. The predicted molar refractivity (Wildman–Crippen MR) is 96.9 cm³/mol. The van der Waals surface area contributed by atoms with Crippen LogP contribution in [-0.4, -0.2) is 0 Å². The molecule has 6 heteroatoms. The van der Waals surface area contributed by atoms with Crippen LogP contribution in [0.1, 0.15) is 11.1 Å². The van der Waals surface area contributed by atoms with Crippen LogP contribution in [0.15, 0.2) is 72.8 Å². The van der Waals surface area contributed by atoms with E-state index in [0.717, 1.165) is 28.3 Å². The van der Waals surface area contributed by atoms with Gasteiger partial charge in [-0.2, -0.15) is 26.3 Å². The molecule has 0 aromatic heterocycles. The highest BCUT2D eigenvalue weighted by Crippen LogP contribution is 2.40. The first-order valence-corrected chi connectivity index (χ1v) is 8.34. The zero-order chi connectivity index (χ0) is 20.1. The summed E-state index contributed by atoms with van der Waals surface area (Å²) in [5, 5.41) is 3.12. The van der Waals surface area contributed by atoms with Gasteiger partial charge in [-0.15, -0.1) is 0 Å². The standard InChI is InChI=1S/C22H12F6/c23-21(24,25)17-9-16(10-18(12-17)22(26,27)28)19-7-3-6-15-8-13-4-1-2-5-14(13)11-20(15)19/h1-12H. The van der Waals surface area contributed by atoms with Crippen molar-refractivity contribution in [2.75, 3.05) is 0 Å². The lowest BCUT2D eigenvalue weighted by atomic mass is 9.93. The van der Waals surface area contributed by atoms with Gasteiger partial charge in [0.05, 0.1) is 11.1 Å².